The van der Waals surface area contributed by atoms with Crippen LogP contribution in [-0.4, -0.2) is 0 Å². The van der Waals surface area contributed by atoms with Gasteiger partial charge in [-0.25, -0.2) is 0 Å². The Labute approximate surface area is 108 Å². The van der Waals surface area contributed by atoms with Crippen LogP contribution in [0.15, 0.2) is 54.6 Å². The molecule has 0 saturated heterocycles. The molecule has 0 aromatic heterocycles. The van der Waals surface area contributed by atoms with Crippen molar-refractivity contribution in [2.45, 2.75) is 0 Å². The van der Waals surface area contributed by atoms with Crippen LogP contribution in [0, 0.1) is 0 Å². The second-order valence-corrected chi connectivity index (χ2v) is 3.28. The van der Waals surface area contributed by atoms with E-state index in [9.17, 15) is 5.11 Å². The van der Waals surface area contributed by atoms with Gasteiger partial charge in [0.25, 0.3) is 0 Å². The quantitative estimate of drug-likeness (QED) is 0.494. The molecule has 74 valence electrons. The third-order valence-electron chi connectivity index (χ3n) is 2.17. The topological polar surface area (TPSA) is 23.1 Å². The first-order valence-corrected chi connectivity index (χ1v) is 4.85. The van der Waals surface area contributed by atoms with Crippen LogP contribution in [-0.2, 0) is 0 Å². The summed E-state index contributed by atoms with van der Waals surface area (Å²) in [6.07, 6.45) is 3.79. The molecule has 0 atom stereocenters. The van der Waals surface area contributed by atoms with Gasteiger partial charge in [0.2, 0.25) is 0 Å². The van der Waals surface area contributed by atoms with Crippen molar-refractivity contribution in [3.8, 4) is 5.75 Å². The molecule has 0 radical (unpaired) electrons. The van der Waals surface area contributed by atoms with Gasteiger partial charge in [0.1, 0.15) is 0 Å². The second-order valence-electron chi connectivity index (χ2n) is 3.28. The maximum absolute atomic E-state index is 11.4. The Morgan fingerprint density at radius 1 is 0.750 bits per heavy atom. The first-order valence-electron chi connectivity index (χ1n) is 4.85. The fourth-order valence-corrected chi connectivity index (χ4v) is 1.37. The van der Waals surface area contributed by atoms with Crippen LogP contribution in [0.1, 0.15) is 11.1 Å². The van der Waals surface area contributed by atoms with Gasteiger partial charge in [-0.1, -0.05) is 66.7 Å². The zero-order valence-electron chi connectivity index (χ0n) is 9.26. The maximum Gasteiger partial charge on any atom is 1.00 e. The Balaban J connectivity index is 0.00000128. The smallest absolute Gasteiger partial charge is 0.872 e. The molecule has 0 amide bonds. The predicted octanol–water partition coefficient (Wildman–Crippen LogP) is -0.0654. The fraction of sp³-hybridized carbons (Fsp3) is 0. The third-order valence-corrected chi connectivity index (χ3v) is 2.17. The van der Waals surface area contributed by atoms with Gasteiger partial charge in [-0.05, 0) is 11.1 Å². The van der Waals surface area contributed by atoms with Gasteiger partial charge in [-0.3, -0.25) is 0 Å². The van der Waals surface area contributed by atoms with Crippen molar-refractivity contribution < 1.29 is 24.0 Å². The molecular formula is C14H11LiO. The van der Waals surface area contributed by atoms with E-state index in [-0.39, 0.29) is 24.6 Å². The minimum Gasteiger partial charge on any atom is -0.872 e. The normalized spacial score (nSPS) is 10.0. The number of benzene rings is 2. The summed E-state index contributed by atoms with van der Waals surface area (Å²) < 4.78 is 0. The molecule has 0 fully saturated rings. The average molecular weight is 202 g/mol. The Morgan fingerprint density at radius 2 is 1.38 bits per heavy atom. The summed E-state index contributed by atoms with van der Waals surface area (Å²) in [5, 5.41) is 11.4. The van der Waals surface area contributed by atoms with Crippen molar-refractivity contribution >= 4 is 12.2 Å². The Hall–Kier alpha value is -1.42. The van der Waals surface area contributed by atoms with E-state index >= 15 is 0 Å². The summed E-state index contributed by atoms with van der Waals surface area (Å²) in [4.78, 5) is 0. The summed E-state index contributed by atoms with van der Waals surface area (Å²) in [5.41, 5.74) is 1.82. The van der Waals surface area contributed by atoms with Crippen LogP contribution in [0.25, 0.3) is 12.2 Å². The van der Waals surface area contributed by atoms with Crippen LogP contribution in [0.5, 0.6) is 5.75 Å². The van der Waals surface area contributed by atoms with Gasteiger partial charge >= 0.3 is 18.9 Å². The standard InChI is InChI=1S/C14H12O.Li/c15-14-9-5-4-8-13(14)11-10-12-6-2-1-3-7-12;/h1-11,15H;/q;+1/p-1/b11-10+;. The molecule has 2 aromatic carbocycles. The third kappa shape index (κ3) is 3.31. The number of rotatable bonds is 2. The van der Waals surface area contributed by atoms with E-state index in [0.29, 0.717) is 0 Å². The van der Waals surface area contributed by atoms with Gasteiger partial charge < -0.3 is 5.11 Å². The molecule has 0 unspecified atom stereocenters. The Kier molecular flexibility index (Phi) is 4.92. The average Bonchev–Trinajstić information content (AvgIpc) is 2.29. The van der Waals surface area contributed by atoms with Crippen LogP contribution in [0.2, 0.25) is 0 Å². The minimum absolute atomic E-state index is 0. The van der Waals surface area contributed by atoms with E-state index in [1.54, 1.807) is 12.1 Å². The predicted molar refractivity (Wildman–Crippen MR) is 61.3 cm³/mol. The van der Waals surface area contributed by atoms with Crippen molar-refractivity contribution in [2.75, 3.05) is 0 Å². The van der Waals surface area contributed by atoms with Crippen LogP contribution >= 0.6 is 0 Å². The molecule has 0 heterocycles. The molecule has 0 N–H and O–H groups in total. The summed E-state index contributed by atoms with van der Waals surface area (Å²) in [5.74, 6) is 0.0599. The van der Waals surface area contributed by atoms with Crippen LogP contribution in [0.3, 0.4) is 0 Å². The molecule has 0 aliphatic rings. The zero-order valence-corrected chi connectivity index (χ0v) is 9.26. The van der Waals surface area contributed by atoms with Gasteiger partial charge in [0, 0.05) is 0 Å². The molecule has 2 rings (SSSR count). The van der Waals surface area contributed by atoms with Crippen LogP contribution < -0.4 is 24.0 Å². The zero-order chi connectivity index (χ0) is 10.5. The molecule has 0 bridgehead atoms. The van der Waals surface area contributed by atoms with E-state index in [1.165, 1.54) is 0 Å². The Bertz CT molecular complexity index is 463. The molecule has 0 spiro atoms. The van der Waals surface area contributed by atoms with Crippen molar-refractivity contribution in [1.82, 2.24) is 0 Å². The SMILES string of the molecule is [Li+].[O-]c1ccccc1/C=C/c1ccccc1. The minimum atomic E-state index is 0. The van der Waals surface area contributed by atoms with Gasteiger partial charge in [-0.15, -0.1) is 5.75 Å². The molecule has 2 heteroatoms. The summed E-state index contributed by atoms with van der Waals surface area (Å²) in [6.45, 7) is 0. The van der Waals surface area contributed by atoms with Gasteiger partial charge in [0.15, 0.2) is 0 Å². The number of para-hydroxylation sites is 1. The molecule has 1 nitrogen and oxygen atoms in total. The van der Waals surface area contributed by atoms with Crippen LogP contribution in [0.4, 0.5) is 0 Å². The molecular weight excluding hydrogens is 191 g/mol. The van der Waals surface area contributed by atoms with Crippen molar-refractivity contribution in [1.29, 1.82) is 0 Å². The molecule has 0 saturated carbocycles. The fourth-order valence-electron chi connectivity index (χ4n) is 1.37. The first-order chi connectivity index (χ1) is 7.36. The monoisotopic (exact) mass is 202 g/mol. The summed E-state index contributed by atoms with van der Waals surface area (Å²) in [7, 11) is 0. The number of hydrogen-bond acceptors (Lipinski definition) is 1. The van der Waals surface area contributed by atoms with Crippen molar-refractivity contribution in [3.05, 3.63) is 65.7 Å². The second kappa shape index (κ2) is 6.22. The van der Waals surface area contributed by atoms with E-state index < -0.39 is 0 Å². The Morgan fingerprint density at radius 3 is 2.06 bits per heavy atom. The largest absolute Gasteiger partial charge is 1.00 e. The van der Waals surface area contributed by atoms with Gasteiger partial charge in [0.05, 0.1) is 0 Å². The van der Waals surface area contributed by atoms with Crippen molar-refractivity contribution in [2.24, 2.45) is 0 Å². The molecule has 16 heavy (non-hydrogen) atoms. The van der Waals surface area contributed by atoms with E-state index in [2.05, 4.69) is 0 Å². The van der Waals surface area contributed by atoms with E-state index in [0.717, 1.165) is 11.1 Å². The summed E-state index contributed by atoms with van der Waals surface area (Å²) >= 11 is 0. The number of hydrogen-bond donors (Lipinski definition) is 0. The summed E-state index contributed by atoms with van der Waals surface area (Å²) in [6, 6.07) is 16.9. The molecule has 0 aliphatic carbocycles. The van der Waals surface area contributed by atoms with Gasteiger partial charge in [-0.2, -0.15) is 0 Å². The molecule has 2 aromatic rings. The maximum atomic E-state index is 11.4. The van der Waals surface area contributed by atoms with E-state index in [4.69, 9.17) is 0 Å². The van der Waals surface area contributed by atoms with Crippen molar-refractivity contribution in [3.63, 3.8) is 0 Å². The van der Waals surface area contributed by atoms with E-state index in [1.807, 2.05) is 54.6 Å². The molecule has 0 aliphatic heterocycles. The first kappa shape index (κ1) is 12.6.